The minimum Gasteiger partial charge on any atom is -0.378 e. The number of nitrogens with zero attached hydrogens (tertiary/aromatic N) is 2. The van der Waals surface area contributed by atoms with Gasteiger partial charge in [-0.25, -0.2) is 0 Å². The van der Waals surface area contributed by atoms with E-state index in [1.54, 1.807) is 12.1 Å². The Hall–Kier alpha value is -1.20. The average Bonchev–Trinajstić information content (AvgIpc) is 2.29. The third-order valence-electron chi connectivity index (χ3n) is 2.68. The van der Waals surface area contributed by atoms with Crippen molar-refractivity contribution in [1.82, 2.24) is 15.5 Å². The maximum Gasteiger partial charge on any atom is 0.272 e. The van der Waals surface area contributed by atoms with Gasteiger partial charge >= 0.3 is 0 Å². The summed E-state index contributed by atoms with van der Waals surface area (Å²) in [7, 11) is 0. The SMILES string of the molecule is CC1CC(NC(=O)c2ccc(Cl)nn2)CCO1. The Balaban J connectivity index is 1.94. The summed E-state index contributed by atoms with van der Waals surface area (Å²) >= 11 is 5.61. The normalized spacial score (nSPS) is 24.4. The van der Waals surface area contributed by atoms with Crippen LogP contribution in [0.1, 0.15) is 30.3 Å². The van der Waals surface area contributed by atoms with Crippen molar-refractivity contribution in [3.8, 4) is 0 Å². The van der Waals surface area contributed by atoms with Crippen molar-refractivity contribution in [2.75, 3.05) is 6.61 Å². The van der Waals surface area contributed by atoms with Gasteiger partial charge in [-0.15, -0.1) is 10.2 Å². The van der Waals surface area contributed by atoms with E-state index in [0.29, 0.717) is 6.61 Å². The fourth-order valence-electron chi connectivity index (χ4n) is 1.83. The summed E-state index contributed by atoms with van der Waals surface area (Å²) < 4.78 is 5.41. The maximum absolute atomic E-state index is 11.8. The highest BCUT2D eigenvalue weighted by Gasteiger charge is 2.21. The Morgan fingerprint density at radius 1 is 1.53 bits per heavy atom. The van der Waals surface area contributed by atoms with Crippen LogP contribution >= 0.6 is 11.6 Å². The first-order valence-electron chi connectivity index (χ1n) is 5.57. The Morgan fingerprint density at radius 2 is 2.35 bits per heavy atom. The molecule has 1 fully saturated rings. The van der Waals surface area contributed by atoms with Gasteiger partial charge in [0, 0.05) is 12.6 Å². The second-order valence-electron chi connectivity index (χ2n) is 4.12. The van der Waals surface area contributed by atoms with Gasteiger partial charge in [-0.3, -0.25) is 4.79 Å². The molecule has 6 heteroatoms. The molecule has 1 aliphatic heterocycles. The number of aromatic nitrogens is 2. The van der Waals surface area contributed by atoms with Crippen molar-refractivity contribution < 1.29 is 9.53 Å². The van der Waals surface area contributed by atoms with Crippen molar-refractivity contribution in [2.45, 2.75) is 31.9 Å². The van der Waals surface area contributed by atoms with Gasteiger partial charge < -0.3 is 10.1 Å². The third kappa shape index (κ3) is 3.38. The van der Waals surface area contributed by atoms with Gasteiger partial charge in [-0.05, 0) is 31.9 Å². The zero-order chi connectivity index (χ0) is 12.3. The summed E-state index contributed by atoms with van der Waals surface area (Å²) in [6, 6.07) is 3.26. The number of hydrogen-bond donors (Lipinski definition) is 1. The van der Waals surface area contributed by atoms with Crippen LogP contribution in [-0.2, 0) is 4.74 Å². The van der Waals surface area contributed by atoms with Crippen molar-refractivity contribution >= 4 is 17.5 Å². The molecule has 5 nitrogen and oxygen atoms in total. The minimum atomic E-state index is -0.215. The third-order valence-corrected chi connectivity index (χ3v) is 2.89. The van der Waals surface area contributed by atoms with Crippen LogP contribution in [0.4, 0.5) is 0 Å². The van der Waals surface area contributed by atoms with Crippen LogP contribution in [0.25, 0.3) is 0 Å². The van der Waals surface area contributed by atoms with E-state index in [-0.39, 0.29) is 28.9 Å². The topological polar surface area (TPSA) is 64.1 Å². The summed E-state index contributed by atoms with van der Waals surface area (Å²) in [5, 5.41) is 10.6. The Morgan fingerprint density at radius 3 is 3.00 bits per heavy atom. The van der Waals surface area contributed by atoms with Crippen molar-refractivity contribution in [3.63, 3.8) is 0 Å². The van der Waals surface area contributed by atoms with Gasteiger partial charge in [0.1, 0.15) is 0 Å². The van der Waals surface area contributed by atoms with E-state index >= 15 is 0 Å². The number of carbonyl (C=O) groups excluding carboxylic acids is 1. The Kier molecular flexibility index (Phi) is 3.91. The van der Waals surface area contributed by atoms with Crippen molar-refractivity contribution in [1.29, 1.82) is 0 Å². The molecule has 1 aromatic rings. The molecule has 2 heterocycles. The highest BCUT2D eigenvalue weighted by Crippen LogP contribution is 2.13. The molecule has 1 aromatic heterocycles. The number of amides is 1. The molecule has 0 spiro atoms. The van der Waals surface area contributed by atoms with Crippen LogP contribution in [0.5, 0.6) is 0 Å². The highest BCUT2D eigenvalue weighted by molar-refractivity contribution is 6.29. The molecule has 1 N–H and O–H groups in total. The molecule has 0 saturated carbocycles. The molecule has 2 unspecified atom stereocenters. The van der Waals surface area contributed by atoms with Gasteiger partial charge in [0.25, 0.3) is 5.91 Å². The first-order valence-corrected chi connectivity index (χ1v) is 5.94. The van der Waals surface area contributed by atoms with Crippen molar-refractivity contribution in [2.24, 2.45) is 0 Å². The lowest BCUT2D eigenvalue weighted by Gasteiger charge is -2.27. The van der Waals surface area contributed by atoms with E-state index in [1.165, 1.54) is 0 Å². The monoisotopic (exact) mass is 255 g/mol. The molecule has 0 radical (unpaired) electrons. The summed E-state index contributed by atoms with van der Waals surface area (Å²) in [4.78, 5) is 11.8. The van der Waals surface area contributed by atoms with Crippen LogP contribution in [0.2, 0.25) is 5.15 Å². The average molecular weight is 256 g/mol. The molecule has 0 aromatic carbocycles. The molecule has 1 aliphatic rings. The lowest BCUT2D eigenvalue weighted by molar-refractivity contribution is 0.0136. The fourth-order valence-corrected chi connectivity index (χ4v) is 1.93. The number of halogens is 1. The quantitative estimate of drug-likeness (QED) is 0.868. The number of rotatable bonds is 2. The molecule has 2 atom stereocenters. The maximum atomic E-state index is 11.8. The van der Waals surface area contributed by atoms with E-state index in [2.05, 4.69) is 15.5 Å². The second-order valence-corrected chi connectivity index (χ2v) is 4.50. The predicted molar refractivity (Wildman–Crippen MR) is 62.9 cm³/mol. The summed E-state index contributed by atoms with van der Waals surface area (Å²) in [6.07, 6.45) is 1.84. The van der Waals surface area contributed by atoms with E-state index in [4.69, 9.17) is 16.3 Å². The number of carbonyl (C=O) groups is 1. The summed E-state index contributed by atoms with van der Waals surface area (Å²) in [6.45, 7) is 2.68. The van der Waals surface area contributed by atoms with Gasteiger partial charge in [0.2, 0.25) is 0 Å². The standard InChI is InChI=1S/C11H14ClN3O2/c1-7-6-8(4-5-17-7)13-11(16)9-2-3-10(12)15-14-9/h2-3,7-8H,4-6H2,1H3,(H,13,16). The minimum absolute atomic E-state index is 0.142. The summed E-state index contributed by atoms with van der Waals surface area (Å²) in [5.74, 6) is -0.215. The highest BCUT2D eigenvalue weighted by atomic mass is 35.5. The van der Waals surface area contributed by atoms with Gasteiger partial charge in [0.05, 0.1) is 6.10 Å². The van der Waals surface area contributed by atoms with E-state index in [9.17, 15) is 4.79 Å². The number of ether oxygens (including phenoxy) is 1. The van der Waals surface area contributed by atoms with E-state index in [1.807, 2.05) is 6.92 Å². The van der Waals surface area contributed by atoms with Gasteiger partial charge in [0.15, 0.2) is 10.8 Å². The van der Waals surface area contributed by atoms with Crippen LogP contribution in [0.15, 0.2) is 12.1 Å². The number of hydrogen-bond acceptors (Lipinski definition) is 4. The Bertz CT molecular complexity index is 396. The van der Waals surface area contributed by atoms with Gasteiger partial charge in [-0.2, -0.15) is 0 Å². The molecule has 92 valence electrons. The molecular formula is C11H14ClN3O2. The predicted octanol–water partition coefficient (Wildman–Crippen LogP) is 1.43. The fraction of sp³-hybridized carbons (Fsp3) is 0.545. The molecule has 2 rings (SSSR count). The van der Waals surface area contributed by atoms with E-state index in [0.717, 1.165) is 12.8 Å². The summed E-state index contributed by atoms with van der Waals surface area (Å²) in [5.41, 5.74) is 0.286. The zero-order valence-corrected chi connectivity index (χ0v) is 10.3. The molecule has 0 bridgehead atoms. The van der Waals surface area contributed by atoms with Crippen LogP contribution < -0.4 is 5.32 Å². The lowest BCUT2D eigenvalue weighted by atomic mass is 10.0. The second kappa shape index (κ2) is 5.42. The van der Waals surface area contributed by atoms with Crippen LogP contribution in [-0.4, -0.2) is 34.9 Å². The van der Waals surface area contributed by atoms with Crippen LogP contribution in [0.3, 0.4) is 0 Å². The molecular weight excluding hydrogens is 242 g/mol. The lowest BCUT2D eigenvalue weighted by Crippen LogP contribution is -2.41. The smallest absolute Gasteiger partial charge is 0.272 e. The molecule has 1 saturated heterocycles. The van der Waals surface area contributed by atoms with Crippen LogP contribution in [0, 0.1) is 0 Å². The number of nitrogens with one attached hydrogen (secondary N) is 1. The molecule has 0 aliphatic carbocycles. The first-order chi connectivity index (χ1) is 8.15. The molecule has 1 amide bonds. The largest absolute Gasteiger partial charge is 0.378 e. The first kappa shape index (κ1) is 12.3. The van der Waals surface area contributed by atoms with Crippen molar-refractivity contribution in [3.05, 3.63) is 23.0 Å². The molecule has 17 heavy (non-hydrogen) atoms. The Labute approximate surface area is 105 Å². The van der Waals surface area contributed by atoms with E-state index < -0.39 is 0 Å². The van der Waals surface area contributed by atoms with Gasteiger partial charge in [-0.1, -0.05) is 11.6 Å². The zero-order valence-electron chi connectivity index (χ0n) is 9.52.